The van der Waals surface area contributed by atoms with Crippen molar-refractivity contribution >= 4 is 41.3 Å². The van der Waals surface area contributed by atoms with E-state index in [-0.39, 0.29) is 29.8 Å². The maximum Gasteiger partial charge on any atom is 0.193 e. The molecule has 7 heteroatoms. The van der Waals surface area contributed by atoms with E-state index in [4.69, 9.17) is 0 Å². The van der Waals surface area contributed by atoms with Crippen LogP contribution in [-0.2, 0) is 13.1 Å². The Balaban J connectivity index is 0.00000242. The molecule has 0 radical (unpaired) electrons. The number of nitrogens with zero attached hydrogens (tertiary/aromatic N) is 3. The molecule has 0 aliphatic carbocycles. The third-order valence-corrected chi connectivity index (χ3v) is 4.07. The monoisotopic (exact) mass is 434 g/mol. The number of benzene rings is 1. The van der Waals surface area contributed by atoms with E-state index >= 15 is 0 Å². The Bertz CT molecular complexity index is 630. The first-order valence-corrected chi connectivity index (χ1v) is 7.53. The third kappa shape index (κ3) is 5.20. The largest absolute Gasteiger partial charge is 0.351 e. The standard InChI is InChI=1S/C15H19FN4S.HI/c1-11-14(21-10-19-11)8-18-15(17-2)20(3)9-12-5-4-6-13(16)7-12;/h4-7,10H,8-9H2,1-3H3,(H,17,18);1H. The molecule has 1 aromatic heterocycles. The quantitative estimate of drug-likeness (QED) is 0.456. The fraction of sp³-hybridized carbons (Fsp3) is 0.333. The Kier molecular flexibility index (Phi) is 7.74. The van der Waals surface area contributed by atoms with Crippen LogP contribution in [0.3, 0.4) is 0 Å². The van der Waals surface area contributed by atoms with Gasteiger partial charge in [-0.2, -0.15) is 0 Å². The lowest BCUT2D eigenvalue weighted by Crippen LogP contribution is -2.38. The van der Waals surface area contributed by atoms with Gasteiger partial charge in [0.1, 0.15) is 5.82 Å². The average molecular weight is 434 g/mol. The van der Waals surface area contributed by atoms with E-state index in [0.717, 1.165) is 17.2 Å². The van der Waals surface area contributed by atoms with Crippen molar-refractivity contribution in [1.29, 1.82) is 0 Å². The van der Waals surface area contributed by atoms with Gasteiger partial charge in [-0.15, -0.1) is 35.3 Å². The predicted octanol–water partition coefficient (Wildman–Crippen LogP) is 3.42. The summed E-state index contributed by atoms with van der Waals surface area (Å²) in [5.41, 5.74) is 3.79. The van der Waals surface area contributed by atoms with Gasteiger partial charge in [-0.3, -0.25) is 4.99 Å². The van der Waals surface area contributed by atoms with Crippen LogP contribution >= 0.6 is 35.3 Å². The van der Waals surface area contributed by atoms with Crippen molar-refractivity contribution in [2.45, 2.75) is 20.0 Å². The van der Waals surface area contributed by atoms with E-state index in [1.165, 1.54) is 17.0 Å². The summed E-state index contributed by atoms with van der Waals surface area (Å²) in [5.74, 6) is 0.552. The fourth-order valence-electron chi connectivity index (χ4n) is 2.02. The molecule has 4 nitrogen and oxygen atoms in total. The van der Waals surface area contributed by atoms with Crippen LogP contribution in [0.5, 0.6) is 0 Å². The van der Waals surface area contributed by atoms with Gasteiger partial charge in [0, 0.05) is 25.5 Å². The van der Waals surface area contributed by atoms with Crippen molar-refractivity contribution < 1.29 is 4.39 Å². The smallest absolute Gasteiger partial charge is 0.193 e. The number of rotatable bonds is 4. The van der Waals surface area contributed by atoms with Crippen molar-refractivity contribution in [1.82, 2.24) is 15.2 Å². The Morgan fingerprint density at radius 3 is 2.82 bits per heavy atom. The lowest BCUT2D eigenvalue weighted by Gasteiger charge is -2.22. The molecule has 1 N–H and O–H groups in total. The maximum atomic E-state index is 13.2. The number of halogens is 2. The van der Waals surface area contributed by atoms with Gasteiger partial charge in [0.2, 0.25) is 0 Å². The van der Waals surface area contributed by atoms with Crippen LogP contribution in [0.2, 0.25) is 0 Å². The van der Waals surface area contributed by atoms with Crippen molar-refractivity contribution in [3.63, 3.8) is 0 Å². The van der Waals surface area contributed by atoms with E-state index in [9.17, 15) is 4.39 Å². The molecule has 0 bridgehead atoms. The highest BCUT2D eigenvalue weighted by Gasteiger charge is 2.08. The topological polar surface area (TPSA) is 40.5 Å². The maximum absolute atomic E-state index is 13.2. The van der Waals surface area contributed by atoms with Crippen molar-refractivity contribution in [3.8, 4) is 0 Å². The van der Waals surface area contributed by atoms with Crippen LogP contribution in [0, 0.1) is 12.7 Å². The van der Waals surface area contributed by atoms with Crippen LogP contribution in [0.25, 0.3) is 0 Å². The molecule has 0 aliphatic rings. The van der Waals surface area contributed by atoms with Gasteiger partial charge < -0.3 is 10.2 Å². The van der Waals surface area contributed by atoms with Gasteiger partial charge >= 0.3 is 0 Å². The number of aromatic nitrogens is 1. The van der Waals surface area contributed by atoms with Gasteiger partial charge in [0.15, 0.2) is 5.96 Å². The van der Waals surface area contributed by atoms with E-state index in [1.54, 1.807) is 24.5 Å². The summed E-state index contributed by atoms with van der Waals surface area (Å²) in [4.78, 5) is 11.6. The Hall–Kier alpha value is -1.22. The predicted molar refractivity (Wildman–Crippen MR) is 100 cm³/mol. The number of aliphatic imine (C=N–C) groups is 1. The molecular formula is C15H20FIN4S. The molecule has 0 saturated carbocycles. The highest BCUT2D eigenvalue weighted by Crippen LogP contribution is 2.12. The molecule has 0 atom stereocenters. The minimum absolute atomic E-state index is 0. The summed E-state index contributed by atoms with van der Waals surface area (Å²) < 4.78 is 13.2. The minimum Gasteiger partial charge on any atom is -0.351 e. The van der Waals surface area contributed by atoms with E-state index < -0.39 is 0 Å². The molecule has 22 heavy (non-hydrogen) atoms. The van der Waals surface area contributed by atoms with Crippen LogP contribution in [0.4, 0.5) is 4.39 Å². The van der Waals surface area contributed by atoms with Gasteiger partial charge in [0.25, 0.3) is 0 Å². The fourth-order valence-corrected chi connectivity index (χ4v) is 2.74. The molecule has 2 aromatic rings. The van der Waals surface area contributed by atoms with E-state index in [0.29, 0.717) is 13.1 Å². The first-order valence-electron chi connectivity index (χ1n) is 6.65. The van der Waals surface area contributed by atoms with E-state index in [1.807, 2.05) is 30.4 Å². The highest BCUT2D eigenvalue weighted by molar-refractivity contribution is 14.0. The first kappa shape index (κ1) is 18.8. The van der Waals surface area contributed by atoms with Crippen LogP contribution in [-0.4, -0.2) is 29.9 Å². The summed E-state index contributed by atoms with van der Waals surface area (Å²) in [6.45, 7) is 3.28. The summed E-state index contributed by atoms with van der Waals surface area (Å²) in [5, 5.41) is 3.30. The summed E-state index contributed by atoms with van der Waals surface area (Å²) >= 11 is 1.62. The number of hydrogen-bond acceptors (Lipinski definition) is 3. The molecule has 0 spiro atoms. The zero-order chi connectivity index (χ0) is 15.2. The molecule has 0 aliphatic heterocycles. The minimum atomic E-state index is -0.218. The molecule has 0 amide bonds. The van der Waals surface area contributed by atoms with Gasteiger partial charge in [-0.05, 0) is 24.6 Å². The second-order valence-electron chi connectivity index (χ2n) is 4.75. The molecule has 120 valence electrons. The molecule has 0 saturated heterocycles. The molecule has 1 aromatic carbocycles. The number of aryl methyl sites for hydroxylation is 1. The number of nitrogens with one attached hydrogen (secondary N) is 1. The number of thiazole rings is 1. The Morgan fingerprint density at radius 1 is 1.45 bits per heavy atom. The lowest BCUT2D eigenvalue weighted by atomic mass is 10.2. The van der Waals surface area contributed by atoms with Crippen LogP contribution in [0.15, 0.2) is 34.8 Å². The average Bonchev–Trinajstić information content (AvgIpc) is 2.85. The van der Waals surface area contributed by atoms with Crippen LogP contribution in [0.1, 0.15) is 16.1 Å². The second kappa shape index (κ2) is 9.04. The lowest BCUT2D eigenvalue weighted by molar-refractivity contribution is 0.475. The van der Waals surface area contributed by atoms with Crippen molar-refractivity contribution in [2.75, 3.05) is 14.1 Å². The van der Waals surface area contributed by atoms with E-state index in [2.05, 4.69) is 15.3 Å². The zero-order valence-corrected chi connectivity index (χ0v) is 16.0. The molecule has 2 rings (SSSR count). The van der Waals surface area contributed by atoms with Crippen LogP contribution < -0.4 is 5.32 Å². The number of guanidine groups is 1. The van der Waals surface area contributed by atoms with Gasteiger partial charge in [-0.1, -0.05) is 12.1 Å². The zero-order valence-electron chi connectivity index (χ0n) is 12.8. The SMILES string of the molecule is CN=C(NCc1scnc1C)N(C)Cc1cccc(F)c1.I. The molecule has 1 heterocycles. The molecule has 0 fully saturated rings. The first-order chi connectivity index (χ1) is 10.1. The Morgan fingerprint density at radius 2 is 2.23 bits per heavy atom. The van der Waals surface area contributed by atoms with Gasteiger partial charge in [0.05, 0.1) is 17.7 Å². The number of hydrogen-bond donors (Lipinski definition) is 1. The summed E-state index contributed by atoms with van der Waals surface area (Å²) in [6, 6.07) is 6.61. The van der Waals surface area contributed by atoms with Gasteiger partial charge in [-0.25, -0.2) is 9.37 Å². The summed E-state index contributed by atoms with van der Waals surface area (Å²) in [6.07, 6.45) is 0. The second-order valence-corrected chi connectivity index (χ2v) is 5.69. The van der Waals surface area contributed by atoms with Crippen molar-refractivity contribution in [3.05, 3.63) is 51.7 Å². The highest BCUT2D eigenvalue weighted by atomic mass is 127. The van der Waals surface area contributed by atoms with Crippen molar-refractivity contribution in [2.24, 2.45) is 4.99 Å². The molecule has 0 unspecified atom stereocenters. The molecular weight excluding hydrogens is 414 g/mol. The third-order valence-electron chi connectivity index (χ3n) is 3.13. The normalized spacial score (nSPS) is 11.0. The summed E-state index contributed by atoms with van der Waals surface area (Å²) in [7, 11) is 3.67. The Labute approximate surface area is 151 Å².